The van der Waals surface area contributed by atoms with Gasteiger partial charge in [-0.05, 0) is 51.6 Å². The van der Waals surface area contributed by atoms with Gasteiger partial charge in [0.1, 0.15) is 22.7 Å². The second-order valence-electron chi connectivity index (χ2n) is 8.24. The van der Waals surface area contributed by atoms with Gasteiger partial charge in [0, 0.05) is 42.0 Å². The van der Waals surface area contributed by atoms with Crippen LogP contribution in [0.4, 0.5) is 0 Å². The molecule has 30 heavy (non-hydrogen) atoms. The Morgan fingerprint density at radius 1 is 1.20 bits per heavy atom. The molecule has 1 saturated heterocycles. The summed E-state index contributed by atoms with van der Waals surface area (Å²) in [4.78, 5) is 14.6. The van der Waals surface area contributed by atoms with Gasteiger partial charge in [0.25, 0.3) is 0 Å². The molecule has 164 valence electrons. The molecule has 3 heterocycles. The molecule has 0 spiro atoms. The minimum atomic E-state index is -0.0227. The van der Waals surface area contributed by atoms with Gasteiger partial charge in [-0.1, -0.05) is 19.9 Å². The van der Waals surface area contributed by atoms with E-state index < -0.39 is 0 Å². The summed E-state index contributed by atoms with van der Waals surface area (Å²) >= 11 is 1.66. The summed E-state index contributed by atoms with van der Waals surface area (Å²) in [6.45, 7) is 11.5. The highest BCUT2D eigenvalue weighted by atomic mass is 32.1. The maximum Gasteiger partial charge on any atom is 0.131 e. The number of hydrogen-bond donors (Lipinski definition) is 4. The molecule has 0 aromatic carbocycles. The Morgan fingerprint density at radius 2 is 2.00 bits per heavy atom. The first-order chi connectivity index (χ1) is 14.5. The lowest BCUT2D eigenvalue weighted by Crippen LogP contribution is -2.36. The van der Waals surface area contributed by atoms with Crippen molar-refractivity contribution in [2.24, 2.45) is 21.8 Å². The molecule has 1 unspecified atom stereocenters. The Balaban J connectivity index is 1.86. The number of thiazole rings is 1. The number of nitrogens with one attached hydrogen (secondary N) is 4. The van der Waals surface area contributed by atoms with Crippen LogP contribution in [0.15, 0.2) is 39.4 Å². The smallest absolute Gasteiger partial charge is 0.131 e. The SMILES string of the molecule is Cc1csc(C(C)N=C2NC(=NCC3CCNCC3)C/C=C/NNC=C2C(C)C)n1. The summed E-state index contributed by atoms with van der Waals surface area (Å²) in [6.07, 6.45) is 9.08. The fraction of sp³-hybridized carbons (Fsp3) is 0.591. The number of amidine groups is 2. The molecular weight excluding hydrogens is 394 g/mol. The first kappa shape index (κ1) is 22.5. The Morgan fingerprint density at radius 3 is 2.70 bits per heavy atom. The van der Waals surface area contributed by atoms with E-state index in [9.17, 15) is 0 Å². The first-order valence-electron chi connectivity index (χ1n) is 10.9. The zero-order chi connectivity index (χ0) is 21.3. The van der Waals surface area contributed by atoms with E-state index in [2.05, 4.69) is 58.7 Å². The average Bonchev–Trinajstić information content (AvgIpc) is 3.18. The van der Waals surface area contributed by atoms with Crippen LogP contribution in [-0.4, -0.2) is 36.3 Å². The highest BCUT2D eigenvalue weighted by Crippen LogP contribution is 2.23. The molecule has 2 aliphatic heterocycles. The third-order valence-electron chi connectivity index (χ3n) is 5.30. The number of rotatable bonds is 5. The monoisotopic (exact) mass is 429 g/mol. The van der Waals surface area contributed by atoms with Gasteiger partial charge in [0.05, 0.1) is 0 Å². The van der Waals surface area contributed by atoms with Gasteiger partial charge in [-0.25, -0.2) is 4.98 Å². The molecule has 1 aromatic rings. The molecule has 0 aliphatic carbocycles. The normalized spacial score (nSPS) is 23.4. The van der Waals surface area contributed by atoms with E-state index in [0.717, 1.165) is 54.0 Å². The highest BCUT2D eigenvalue weighted by Gasteiger charge is 2.18. The van der Waals surface area contributed by atoms with Crippen LogP contribution in [-0.2, 0) is 0 Å². The van der Waals surface area contributed by atoms with Crippen molar-refractivity contribution in [2.75, 3.05) is 19.6 Å². The Hall–Kier alpha value is -2.19. The van der Waals surface area contributed by atoms with Crippen LogP contribution in [0, 0.1) is 18.8 Å². The van der Waals surface area contributed by atoms with E-state index in [1.807, 2.05) is 19.3 Å². The van der Waals surface area contributed by atoms with Crippen LogP contribution >= 0.6 is 11.3 Å². The van der Waals surface area contributed by atoms with E-state index in [4.69, 9.17) is 9.98 Å². The molecular formula is C22H35N7S. The zero-order valence-corrected chi connectivity index (χ0v) is 19.4. The number of hydrogen-bond acceptors (Lipinski definition) is 7. The lowest BCUT2D eigenvalue weighted by molar-refractivity contribution is 0.383. The van der Waals surface area contributed by atoms with E-state index in [1.165, 1.54) is 12.8 Å². The topological polar surface area (TPSA) is 85.7 Å². The van der Waals surface area contributed by atoms with Crippen molar-refractivity contribution in [3.63, 3.8) is 0 Å². The molecule has 2 aliphatic rings. The molecule has 0 amide bonds. The largest absolute Gasteiger partial charge is 0.329 e. The molecule has 8 heteroatoms. The number of aryl methyl sites for hydroxylation is 1. The summed E-state index contributed by atoms with van der Waals surface area (Å²) in [5.41, 5.74) is 8.41. The second-order valence-corrected chi connectivity index (χ2v) is 9.13. The van der Waals surface area contributed by atoms with E-state index in [-0.39, 0.29) is 6.04 Å². The highest BCUT2D eigenvalue weighted by molar-refractivity contribution is 7.09. The quantitative estimate of drug-likeness (QED) is 0.576. The van der Waals surface area contributed by atoms with Gasteiger partial charge in [-0.2, -0.15) is 0 Å². The van der Waals surface area contributed by atoms with Crippen molar-refractivity contribution in [3.05, 3.63) is 40.1 Å². The minimum Gasteiger partial charge on any atom is -0.329 e. The van der Waals surface area contributed by atoms with E-state index >= 15 is 0 Å². The van der Waals surface area contributed by atoms with Crippen molar-refractivity contribution in [2.45, 2.75) is 53.0 Å². The fourth-order valence-electron chi connectivity index (χ4n) is 3.49. The third-order valence-corrected chi connectivity index (χ3v) is 6.43. The molecule has 1 atom stereocenters. The summed E-state index contributed by atoms with van der Waals surface area (Å²) in [6, 6.07) is -0.0227. The lowest BCUT2D eigenvalue weighted by Gasteiger charge is -2.23. The Bertz CT molecular complexity index is 800. The molecule has 0 radical (unpaired) electrons. The number of aromatic nitrogens is 1. The van der Waals surface area contributed by atoms with Crippen LogP contribution in [0.2, 0.25) is 0 Å². The molecule has 0 bridgehead atoms. The van der Waals surface area contributed by atoms with Gasteiger partial charge >= 0.3 is 0 Å². The summed E-state index contributed by atoms with van der Waals surface area (Å²) in [5.74, 6) is 2.77. The van der Waals surface area contributed by atoms with Gasteiger partial charge < -0.3 is 21.5 Å². The molecule has 1 aromatic heterocycles. The van der Waals surface area contributed by atoms with Crippen LogP contribution in [0.1, 0.15) is 56.8 Å². The maximum atomic E-state index is 5.04. The predicted octanol–water partition coefficient (Wildman–Crippen LogP) is 3.45. The summed E-state index contributed by atoms with van der Waals surface area (Å²) < 4.78 is 0. The first-order valence-corrected chi connectivity index (χ1v) is 11.8. The molecule has 1 fully saturated rings. The standard InChI is InChI=1S/C22H35N7S/c1-15(2)19-13-26-25-9-5-6-20(24-12-18-7-10-23-11-8-18)29-21(19)28-17(4)22-27-16(3)14-30-22/h5,9,13-15,17-18,23,25-26H,6-8,10-12H2,1-4H3,(H,24,28,29)/b9-5+,19-13?. The van der Waals surface area contributed by atoms with E-state index in [1.54, 1.807) is 11.3 Å². The van der Waals surface area contributed by atoms with Gasteiger partial charge in [-0.15, -0.1) is 11.3 Å². The summed E-state index contributed by atoms with van der Waals surface area (Å²) in [7, 11) is 0. The van der Waals surface area contributed by atoms with Crippen LogP contribution in [0.25, 0.3) is 0 Å². The van der Waals surface area contributed by atoms with Crippen LogP contribution < -0.4 is 21.5 Å². The number of piperidine rings is 1. The third kappa shape index (κ3) is 6.67. The molecule has 0 saturated carbocycles. The Kier molecular flexibility index (Phi) is 8.45. The molecule has 3 rings (SSSR count). The summed E-state index contributed by atoms with van der Waals surface area (Å²) in [5, 5.41) is 10.1. The average molecular weight is 430 g/mol. The van der Waals surface area contributed by atoms with Crippen molar-refractivity contribution >= 4 is 23.0 Å². The van der Waals surface area contributed by atoms with Crippen molar-refractivity contribution in [1.29, 1.82) is 0 Å². The second kappa shape index (κ2) is 11.3. The number of aliphatic imine (C=N–C) groups is 2. The van der Waals surface area contributed by atoms with E-state index in [0.29, 0.717) is 11.8 Å². The number of nitrogens with zero attached hydrogens (tertiary/aromatic N) is 3. The van der Waals surface area contributed by atoms with Gasteiger partial charge in [-0.3, -0.25) is 9.98 Å². The van der Waals surface area contributed by atoms with Crippen molar-refractivity contribution < 1.29 is 0 Å². The zero-order valence-electron chi connectivity index (χ0n) is 18.5. The van der Waals surface area contributed by atoms with Crippen molar-refractivity contribution in [3.8, 4) is 0 Å². The number of hydrazine groups is 1. The van der Waals surface area contributed by atoms with Crippen molar-refractivity contribution in [1.82, 2.24) is 26.5 Å². The molecule has 4 N–H and O–H groups in total. The minimum absolute atomic E-state index is 0.0227. The fourth-order valence-corrected chi connectivity index (χ4v) is 4.28. The van der Waals surface area contributed by atoms with Crippen LogP contribution in [0.5, 0.6) is 0 Å². The van der Waals surface area contributed by atoms with Gasteiger partial charge in [0.2, 0.25) is 0 Å². The van der Waals surface area contributed by atoms with Crippen LogP contribution in [0.3, 0.4) is 0 Å². The van der Waals surface area contributed by atoms with Gasteiger partial charge in [0.15, 0.2) is 0 Å². The predicted molar refractivity (Wildman–Crippen MR) is 127 cm³/mol. The molecule has 7 nitrogen and oxygen atoms in total. The maximum absolute atomic E-state index is 5.04. The lowest BCUT2D eigenvalue weighted by atomic mass is 9.98. The Labute approximate surface area is 184 Å².